The van der Waals surface area contributed by atoms with Crippen LogP contribution in [0, 0.1) is 0 Å². The molecule has 0 fully saturated rings. The lowest BCUT2D eigenvalue weighted by Gasteiger charge is -2.30. The minimum absolute atomic E-state index is 0.615. The molecule has 1 aromatic carbocycles. The van der Waals surface area contributed by atoms with E-state index in [0.29, 0.717) is 18.1 Å². The summed E-state index contributed by atoms with van der Waals surface area (Å²) in [5.74, 6) is 1.51. The first-order valence-electron chi connectivity index (χ1n) is 7.94. The molecular formula is C17H23N5O. The number of hydrogen-bond donors (Lipinski definition) is 2. The molecule has 2 aromatic rings. The molecule has 0 saturated carbocycles. The van der Waals surface area contributed by atoms with Gasteiger partial charge in [-0.05, 0) is 24.0 Å². The smallest absolute Gasteiger partial charge is 0.157 e. The predicted molar refractivity (Wildman–Crippen MR) is 92.6 cm³/mol. The van der Waals surface area contributed by atoms with Gasteiger partial charge in [0.25, 0.3) is 0 Å². The van der Waals surface area contributed by atoms with Crippen molar-refractivity contribution < 1.29 is 4.74 Å². The molecule has 1 aliphatic rings. The summed E-state index contributed by atoms with van der Waals surface area (Å²) in [4.78, 5) is 10.9. The van der Waals surface area contributed by atoms with Gasteiger partial charge in [-0.15, -0.1) is 0 Å². The Labute approximate surface area is 136 Å². The monoisotopic (exact) mass is 313 g/mol. The van der Waals surface area contributed by atoms with Gasteiger partial charge >= 0.3 is 0 Å². The van der Waals surface area contributed by atoms with Crippen molar-refractivity contribution in [3.8, 4) is 0 Å². The molecule has 1 aliphatic heterocycles. The van der Waals surface area contributed by atoms with Crippen molar-refractivity contribution >= 4 is 17.3 Å². The minimum Gasteiger partial charge on any atom is -0.393 e. The van der Waals surface area contributed by atoms with Crippen LogP contribution in [0.15, 0.2) is 30.6 Å². The fourth-order valence-corrected chi connectivity index (χ4v) is 2.88. The van der Waals surface area contributed by atoms with Gasteiger partial charge in [0.15, 0.2) is 11.6 Å². The van der Waals surface area contributed by atoms with Crippen molar-refractivity contribution in [1.29, 1.82) is 0 Å². The largest absolute Gasteiger partial charge is 0.393 e. The van der Waals surface area contributed by atoms with Gasteiger partial charge in [0.2, 0.25) is 0 Å². The maximum atomic E-state index is 6.29. The first kappa shape index (κ1) is 15.6. The standard InChI is InChI=1S/C17H23N5O/c1-23-10-4-8-19-16-15(18)17(21-12-20-16)22-9-7-13-5-2-3-6-14(13)11-22/h2-3,5-6,12H,4,7-11,18H2,1H3,(H,19,20,21). The maximum absolute atomic E-state index is 6.29. The van der Waals surface area contributed by atoms with E-state index in [1.807, 2.05) is 0 Å². The third kappa shape index (κ3) is 3.53. The molecule has 0 aliphatic carbocycles. The van der Waals surface area contributed by atoms with Gasteiger partial charge in [-0.1, -0.05) is 24.3 Å². The van der Waals surface area contributed by atoms with Crippen molar-refractivity contribution in [2.24, 2.45) is 0 Å². The zero-order valence-electron chi connectivity index (χ0n) is 13.5. The summed E-state index contributed by atoms with van der Waals surface area (Å²) >= 11 is 0. The van der Waals surface area contributed by atoms with Crippen molar-refractivity contribution in [3.05, 3.63) is 41.7 Å². The number of benzene rings is 1. The van der Waals surface area contributed by atoms with Crippen LogP contribution in [0.4, 0.5) is 17.3 Å². The van der Waals surface area contributed by atoms with Crippen molar-refractivity contribution in [1.82, 2.24) is 9.97 Å². The SMILES string of the molecule is COCCCNc1ncnc(N2CCc3ccccc3C2)c1N. The van der Waals surface area contributed by atoms with E-state index in [4.69, 9.17) is 10.5 Å². The van der Waals surface area contributed by atoms with Gasteiger partial charge in [0.1, 0.15) is 12.0 Å². The molecule has 122 valence electrons. The lowest BCUT2D eigenvalue weighted by molar-refractivity contribution is 0.198. The van der Waals surface area contributed by atoms with Crippen LogP contribution in [0.2, 0.25) is 0 Å². The number of ether oxygens (including phenoxy) is 1. The number of nitrogen functional groups attached to an aromatic ring is 1. The Morgan fingerprint density at radius 1 is 1.26 bits per heavy atom. The number of nitrogens with two attached hydrogens (primary N) is 1. The molecule has 3 N–H and O–H groups in total. The van der Waals surface area contributed by atoms with Gasteiger partial charge in [0, 0.05) is 33.4 Å². The second kappa shape index (κ2) is 7.28. The lowest BCUT2D eigenvalue weighted by atomic mass is 10.00. The summed E-state index contributed by atoms with van der Waals surface area (Å²) in [6.45, 7) is 3.24. The normalized spacial score (nSPS) is 13.7. The second-order valence-corrected chi connectivity index (χ2v) is 5.67. The summed E-state index contributed by atoms with van der Waals surface area (Å²) in [7, 11) is 1.70. The molecule has 0 saturated heterocycles. The molecule has 23 heavy (non-hydrogen) atoms. The van der Waals surface area contributed by atoms with E-state index in [0.717, 1.165) is 38.3 Å². The molecule has 0 radical (unpaired) electrons. The maximum Gasteiger partial charge on any atom is 0.157 e. The van der Waals surface area contributed by atoms with Crippen LogP contribution in [0.1, 0.15) is 17.5 Å². The predicted octanol–water partition coefficient (Wildman–Crippen LogP) is 2.07. The summed E-state index contributed by atoms with van der Waals surface area (Å²) in [5.41, 5.74) is 9.65. The highest BCUT2D eigenvalue weighted by Gasteiger charge is 2.20. The molecule has 0 atom stereocenters. The Kier molecular flexibility index (Phi) is 4.92. The lowest BCUT2D eigenvalue weighted by Crippen LogP contribution is -2.32. The van der Waals surface area contributed by atoms with Crippen LogP contribution in [0.3, 0.4) is 0 Å². The fourth-order valence-electron chi connectivity index (χ4n) is 2.88. The molecule has 0 amide bonds. The van der Waals surface area contributed by atoms with Crippen LogP contribution >= 0.6 is 0 Å². The Bertz CT molecular complexity index is 661. The number of aromatic nitrogens is 2. The fraction of sp³-hybridized carbons (Fsp3) is 0.412. The highest BCUT2D eigenvalue weighted by atomic mass is 16.5. The zero-order valence-corrected chi connectivity index (χ0v) is 13.5. The summed E-state index contributed by atoms with van der Waals surface area (Å²) < 4.78 is 5.05. The number of fused-ring (bicyclic) bond motifs is 1. The molecule has 3 rings (SSSR count). The second-order valence-electron chi connectivity index (χ2n) is 5.67. The van der Waals surface area contributed by atoms with Gasteiger partial charge in [0.05, 0.1) is 0 Å². The zero-order chi connectivity index (χ0) is 16.1. The van der Waals surface area contributed by atoms with Crippen molar-refractivity contribution in [3.63, 3.8) is 0 Å². The third-order valence-corrected chi connectivity index (χ3v) is 4.11. The quantitative estimate of drug-likeness (QED) is 0.795. The summed E-state index contributed by atoms with van der Waals surface area (Å²) in [6.07, 6.45) is 3.49. The van der Waals surface area contributed by atoms with Crippen molar-refractivity contribution in [2.75, 3.05) is 42.8 Å². The van der Waals surface area contributed by atoms with Gasteiger partial charge in [-0.3, -0.25) is 0 Å². The molecule has 6 nitrogen and oxygen atoms in total. The van der Waals surface area contributed by atoms with Gasteiger partial charge in [-0.2, -0.15) is 0 Å². The molecular weight excluding hydrogens is 290 g/mol. The molecule has 0 unspecified atom stereocenters. The van der Waals surface area contributed by atoms with Crippen LogP contribution in [0.5, 0.6) is 0 Å². The van der Waals surface area contributed by atoms with E-state index in [2.05, 4.69) is 44.5 Å². The Hall–Kier alpha value is -2.34. The Morgan fingerprint density at radius 2 is 2.09 bits per heavy atom. The molecule has 6 heteroatoms. The highest BCUT2D eigenvalue weighted by Crippen LogP contribution is 2.30. The molecule has 2 heterocycles. The number of rotatable bonds is 6. The van der Waals surface area contributed by atoms with E-state index in [1.165, 1.54) is 11.1 Å². The molecule has 1 aromatic heterocycles. The number of anilines is 3. The molecule has 0 spiro atoms. The van der Waals surface area contributed by atoms with E-state index < -0.39 is 0 Å². The van der Waals surface area contributed by atoms with E-state index in [1.54, 1.807) is 13.4 Å². The first-order valence-corrected chi connectivity index (χ1v) is 7.94. The average molecular weight is 313 g/mol. The van der Waals surface area contributed by atoms with E-state index in [9.17, 15) is 0 Å². The van der Waals surface area contributed by atoms with Crippen molar-refractivity contribution in [2.45, 2.75) is 19.4 Å². The average Bonchev–Trinajstić information content (AvgIpc) is 2.59. The van der Waals surface area contributed by atoms with E-state index in [-0.39, 0.29) is 0 Å². The number of methoxy groups -OCH3 is 1. The van der Waals surface area contributed by atoms with Crippen LogP contribution in [-0.4, -0.2) is 36.8 Å². The molecule has 0 bridgehead atoms. The Balaban J connectivity index is 1.73. The van der Waals surface area contributed by atoms with Gasteiger partial charge in [-0.25, -0.2) is 9.97 Å². The van der Waals surface area contributed by atoms with Gasteiger partial charge < -0.3 is 20.7 Å². The topological polar surface area (TPSA) is 76.3 Å². The summed E-state index contributed by atoms with van der Waals surface area (Å²) in [5, 5.41) is 3.26. The first-order chi connectivity index (χ1) is 11.3. The number of hydrogen-bond acceptors (Lipinski definition) is 6. The highest BCUT2D eigenvalue weighted by molar-refractivity contribution is 5.75. The minimum atomic E-state index is 0.615. The van der Waals surface area contributed by atoms with Crippen LogP contribution in [-0.2, 0) is 17.7 Å². The Morgan fingerprint density at radius 3 is 2.91 bits per heavy atom. The summed E-state index contributed by atoms with van der Waals surface area (Å²) in [6, 6.07) is 8.53. The van der Waals surface area contributed by atoms with E-state index >= 15 is 0 Å². The van der Waals surface area contributed by atoms with Crippen LogP contribution in [0.25, 0.3) is 0 Å². The number of nitrogens with zero attached hydrogens (tertiary/aromatic N) is 3. The van der Waals surface area contributed by atoms with Crippen LogP contribution < -0.4 is 16.0 Å². The third-order valence-electron chi connectivity index (χ3n) is 4.11. The number of nitrogens with one attached hydrogen (secondary N) is 1.